The van der Waals surface area contributed by atoms with Crippen molar-refractivity contribution >= 4 is 34.8 Å². The molecule has 0 heterocycles. The highest BCUT2D eigenvalue weighted by atomic mass is 35.5. The zero-order valence-electron chi connectivity index (χ0n) is 15.4. The minimum Gasteiger partial charge on any atom is -0.484 e. The standard InChI is InChI=1S/C20H23ClN2O3/c1-20(2,3)19(25)23(4)16-9-11-17(12-10-16)26-13-18(24)22-15-7-5-14(21)6-8-15/h5-12H,13H2,1-4H3,(H,22,24). The van der Waals surface area contributed by atoms with E-state index in [1.165, 1.54) is 0 Å². The summed E-state index contributed by atoms with van der Waals surface area (Å²) in [4.78, 5) is 25.8. The molecule has 0 unspecified atom stereocenters. The summed E-state index contributed by atoms with van der Waals surface area (Å²) in [6.07, 6.45) is 0. The number of carbonyl (C=O) groups is 2. The van der Waals surface area contributed by atoms with Crippen molar-refractivity contribution in [3.8, 4) is 5.75 Å². The van der Waals surface area contributed by atoms with E-state index in [2.05, 4.69) is 5.32 Å². The normalized spacial score (nSPS) is 11.0. The van der Waals surface area contributed by atoms with Crippen LogP contribution in [-0.4, -0.2) is 25.5 Å². The molecule has 0 spiro atoms. The highest BCUT2D eigenvalue weighted by molar-refractivity contribution is 6.30. The number of nitrogens with one attached hydrogen (secondary N) is 1. The third-order valence-corrected chi connectivity index (χ3v) is 3.92. The van der Waals surface area contributed by atoms with Crippen LogP contribution in [0.4, 0.5) is 11.4 Å². The zero-order chi connectivity index (χ0) is 19.3. The van der Waals surface area contributed by atoms with Gasteiger partial charge in [0.15, 0.2) is 6.61 Å². The Bertz CT molecular complexity index is 765. The second kappa shape index (κ2) is 8.23. The zero-order valence-corrected chi connectivity index (χ0v) is 16.1. The van der Waals surface area contributed by atoms with Gasteiger partial charge in [-0.1, -0.05) is 32.4 Å². The van der Waals surface area contributed by atoms with E-state index in [-0.39, 0.29) is 18.4 Å². The van der Waals surface area contributed by atoms with Gasteiger partial charge in [0.25, 0.3) is 5.91 Å². The van der Waals surface area contributed by atoms with Crippen LogP contribution in [0.25, 0.3) is 0 Å². The van der Waals surface area contributed by atoms with Gasteiger partial charge in [-0.25, -0.2) is 0 Å². The number of ether oxygens (including phenoxy) is 1. The molecule has 6 heteroatoms. The van der Waals surface area contributed by atoms with Gasteiger partial charge >= 0.3 is 0 Å². The number of nitrogens with zero attached hydrogens (tertiary/aromatic N) is 1. The lowest BCUT2D eigenvalue weighted by atomic mass is 9.95. The number of carbonyl (C=O) groups excluding carboxylic acids is 2. The van der Waals surface area contributed by atoms with Crippen LogP contribution in [-0.2, 0) is 9.59 Å². The monoisotopic (exact) mass is 374 g/mol. The van der Waals surface area contributed by atoms with Crippen molar-refractivity contribution in [2.24, 2.45) is 5.41 Å². The molecule has 0 saturated carbocycles. The summed E-state index contributed by atoms with van der Waals surface area (Å²) in [6, 6.07) is 13.9. The predicted molar refractivity (Wildman–Crippen MR) is 105 cm³/mol. The van der Waals surface area contributed by atoms with Gasteiger partial charge in [0, 0.05) is 28.9 Å². The molecule has 0 saturated heterocycles. The Morgan fingerprint density at radius 1 is 1.04 bits per heavy atom. The maximum Gasteiger partial charge on any atom is 0.262 e. The van der Waals surface area contributed by atoms with E-state index in [1.807, 2.05) is 20.8 Å². The minimum atomic E-state index is -0.455. The Balaban J connectivity index is 1.89. The van der Waals surface area contributed by atoms with Crippen LogP contribution < -0.4 is 15.0 Å². The van der Waals surface area contributed by atoms with Crippen LogP contribution in [0, 0.1) is 5.41 Å². The molecule has 2 aromatic rings. The molecule has 2 aromatic carbocycles. The Morgan fingerprint density at radius 3 is 2.15 bits per heavy atom. The van der Waals surface area contributed by atoms with E-state index in [0.29, 0.717) is 16.5 Å². The molecule has 0 aromatic heterocycles. The molecule has 0 fully saturated rings. The first-order valence-corrected chi connectivity index (χ1v) is 8.61. The molecule has 138 valence electrons. The molecular formula is C20H23ClN2O3. The average Bonchev–Trinajstić information content (AvgIpc) is 2.60. The molecule has 26 heavy (non-hydrogen) atoms. The van der Waals surface area contributed by atoms with Crippen molar-refractivity contribution in [2.75, 3.05) is 23.9 Å². The molecule has 0 radical (unpaired) electrons. The van der Waals surface area contributed by atoms with Crippen LogP contribution in [0.2, 0.25) is 5.02 Å². The van der Waals surface area contributed by atoms with Crippen LogP contribution in [0.5, 0.6) is 5.75 Å². The summed E-state index contributed by atoms with van der Waals surface area (Å²) in [7, 11) is 1.74. The summed E-state index contributed by atoms with van der Waals surface area (Å²) >= 11 is 5.81. The average molecular weight is 375 g/mol. The van der Waals surface area contributed by atoms with Crippen LogP contribution in [0.3, 0.4) is 0 Å². The number of amides is 2. The largest absolute Gasteiger partial charge is 0.484 e. The summed E-state index contributed by atoms with van der Waals surface area (Å²) in [6.45, 7) is 5.52. The molecule has 0 atom stereocenters. The second-order valence-electron chi connectivity index (χ2n) is 6.95. The lowest BCUT2D eigenvalue weighted by Crippen LogP contribution is -2.36. The fourth-order valence-electron chi connectivity index (χ4n) is 2.27. The van der Waals surface area contributed by atoms with Gasteiger partial charge in [-0.2, -0.15) is 0 Å². The molecular weight excluding hydrogens is 352 g/mol. The van der Waals surface area contributed by atoms with Gasteiger partial charge in [0.1, 0.15) is 5.75 Å². The van der Waals surface area contributed by atoms with Crippen molar-refractivity contribution in [2.45, 2.75) is 20.8 Å². The molecule has 2 rings (SSSR count). The van der Waals surface area contributed by atoms with E-state index in [1.54, 1.807) is 60.5 Å². The fourth-order valence-corrected chi connectivity index (χ4v) is 2.39. The Morgan fingerprint density at radius 2 is 1.62 bits per heavy atom. The molecule has 0 bridgehead atoms. The van der Waals surface area contributed by atoms with Gasteiger partial charge < -0.3 is 15.0 Å². The van der Waals surface area contributed by atoms with Gasteiger partial charge in [0.2, 0.25) is 5.91 Å². The molecule has 5 nitrogen and oxygen atoms in total. The maximum absolute atomic E-state index is 12.3. The van der Waals surface area contributed by atoms with Crippen LogP contribution in [0.15, 0.2) is 48.5 Å². The van der Waals surface area contributed by atoms with Crippen LogP contribution >= 0.6 is 11.6 Å². The first kappa shape index (κ1) is 19.8. The number of anilines is 2. The summed E-state index contributed by atoms with van der Waals surface area (Å²) in [5.74, 6) is 0.307. The molecule has 0 aliphatic rings. The molecule has 0 aliphatic carbocycles. The third-order valence-electron chi connectivity index (χ3n) is 3.67. The molecule has 1 N–H and O–H groups in total. The maximum atomic E-state index is 12.3. The van der Waals surface area contributed by atoms with E-state index in [0.717, 1.165) is 5.69 Å². The van der Waals surface area contributed by atoms with E-state index >= 15 is 0 Å². The third kappa shape index (κ3) is 5.49. The first-order valence-electron chi connectivity index (χ1n) is 8.23. The highest BCUT2D eigenvalue weighted by Crippen LogP contribution is 2.24. The SMILES string of the molecule is CN(C(=O)C(C)(C)C)c1ccc(OCC(=O)Nc2ccc(Cl)cc2)cc1. The number of rotatable bonds is 5. The molecule has 2 amide bonds. The van der Waals surface area contributed by atoms with Crippen molar-refractivity contribution in [3.63, 3.8) is 0 Å². The smallest absolute Gasteiger partial charge is 0.262 e. The lowest BCUT2D eigenvalue weighted by molar-refractivity contribution is -0.125. The Labute approximate surface area is 158 Å². The minimum absolute atomic E-state index is 0.0218. The van der Waals surface area contributed by atoms with Crippen molar-refractivity contribution in [1.29, 1.82) is 0 Å². The fraction of sp³-hybridized carbons (Fsp3) is 0.300. The van der Waals surface area contributed by atoms with E-state index < -0.39 is 5.41 Å². The highest BCUT2D eigenvalue weighted by Gasteiger charge is 2.25. The van der Waals surface area contributed by atoms with Crippen molar-refractivity contribution in [3.05, 3.63) is 53.6 Å². The lowest BCUT2D eigenvalue weighted by Gasteiger charge is -2.26. The van der Waals surface area contributed by atoms with E-state index in [9.17, 15) is 9.59 Å². The summed E-state index contributed by atoms with van der Waals surface area (Å²) in [5.41, 5.74) is 0.965. The summed E-state index contributed by atoms with van der Waals surface area (Å²) < 4.78 is 5.48. The Hall–Kier alpha value is -2.53. The topological polar surface area (TPSA) is 58.6 Å². The van der Waals surface area contributed by atoms with Crippen LogP contribution in [0.1, 0.15) is 20.8 Å². The number of hydrogen-bond donors (Lipinski definition) is 1. The van der Waals surface area contributed by atoms with Gasteiger partial charge in [0.05, 0.1) is 0 Å². The second-order valence-corrected chi connectivity index (χ2v) is 7.39. The van der Waals surface area contributed by atoms with Crippen molar-refractivity contribution < 1.29 is 14.3 Å². The number of halogens is 1. The van der Waals surface area contributed by atoms with Gasteiger partial charge in [-0.3, -0.25) is 9.59 Å². The number of hydrogen-bond acceptors (Lipinski definition) is 3. The van der Waals surface area contributed by atoms with Gasteiger partial charge in [-0.15, -0.1) is 0 Å². The first-order chi connectivity index (χ1) is 12.2. The predicted octanol–water partition coefficient (Wildman–Crippen LogP) is 4.37. The quantitative estimate of drug-likeness (QED) is 0.845. The summed E-state index contributed by atoms with van der Waals surface area (Å²) in [5, 5.41) is 3.33. The number of benzene rings is 2. The Kier molecular flexibility index (Phi) is 6.27. The van der Waals surface area contributed by atoms with Crippen molar-refractivity contribution in [1.82, 2.24) is 0 Å². The molecule has 0 aliphatic heterocycles. The van der Waals surface area contributed by atoms with E-state index in [4.69, 9.17) is 16.3 Å². The van der Waals surface area contributed by atoms with Gasteiger partial charge in [-0.05, 0) is 48.5 Å².